The van der Waals surface area contributed by atoms with E-state index in [1.54, 1.807) is 30.3 Å². The van der Waals surface area contributed by atoms with Gasteiger partial charge in [0.1, 0.15) is 0 Å². The summed E-state index contributed by atoms with van der Waals surface area (Å²) in [6.07, 6.45) is 0. The zero-order valence-corrected chi connectivity index (χ0v) is 11.6. The summed E-state index contributed by atoms with van der Waals surface area (Å²) in [6, 6.07) is 7.99. The minimum absolute atomic E-state index is 0.317. The van der Waals surface area contributed by atoms with Crippen LogP contribution in [0.5, 0.6) is 5.75 Å². The average Bonchev–Trinajstić information content (AvgIpc) is 2.50. The first kappa shape index (κ1) is 16.2. The monoisotopic (exact) mass is 335 g/mol. The molecule has 0 fully saturated rings. The number of halogens is 4. The highest BCUT2D eigenvalue weighted by Crippen LogP contribution is 2.32. The number of phenols is 1. The van der Waals surface area contributed by atoms with Crippen molar-refractivity contribution < 1.29 is 31.1 Å². The molecule has 0 atom stereocenters. The van der Waals surface area contributed by atoms with E-state index in [0.29, 0.717) is 5.56 Å². The Bertz CT molecular complexity index is 781. The molecule has 2 aromatic rings. The summed E-state index contributed by atoms with van der Waals surface area (Å²) in [7, 11) is -4.80. The molecule has 0 aliphatic carbocycles. The van der Waals surface area contributed by atoms with Crippen LogP contribution < -0.4 is 4.72 Å². The van der Waals surface area contributed by atoms with Gasteiger partial charge in [0, 0.05) is 6.54 Å². The van der Waals surface area contributed by atoms with Crippen molar-refractivity contribution in [2.24, 2.45) is 0 Å². The lowest BCUT2D eigenvalue weighted by Gasteiger charge is -2.11. The summed E-state index contributed by atoms with van der Waals surface area (Å²) in [6.45, 7) is -0.317. The molecule has 2 rings (SSSR count). The highest BCUT2D eigenvalue weighted by atomic mass is 32.2. The molecule has 0 aliphatic rings. The lowest BCUT2D eigenvalue weighted by Crippen LogP contribution is -2.25. The van der Waals surface area contributed by atoms with Crippen molar-refractivity contribution in [2.45, 2.75) is 11.4 Å². The lowest BCUT2D eigenvalue weighted by atomic mass is 10.2. The molecule has 0 heterocycles. The molecule has 2 aromatic carbocycles. The van der Waals surface area contributed by atoms with Crippen molar-refractivity contribution in [2.75, 3.05) is 0 Å². The summed E-state index contributed by atoms with van der Waals surface area (Å²) in [5.41, 5.74) is 0.481. The molecule has 0 bridgehead atoms. The summed E-state index contributed by atoms with van der Waals surface area (Å²) in [5.74, 6) is -10.8. The Morgan fingerprint density at radius 1 is 0.909 bits per heavy atom. The van der Waals surface area contributed by atoms with E-state index < -0.39 is 43.9 Å². The molecule has 0 unspecified atom stereocenters. The molecule has 2 N–H and O–H groups in total. The Labute approximate surface area is 123 Å². The summed E-state index contributed by atoms with van der Waals surface area (Å²) in [5, 5.41) is 9.28. The fourth-order valence-electron chi connectivity index (χ4n) is 1.69. The Balaban J connectivity index is 2.42. The van der Waals surface area contributed by atoms with Gasteiger partial charge in [-0.25, -0.2) is 26.3 Å². The van der Waals surface area contributed by atoms with Crippen LogP contribution in [-0.4, -0.2) is 13.5 Å². The first-order chi connectivity index (χ1) is 10.3. The van der Waals surface area contributed by atoms with Crippen LogP contribution in [0.3, 0.4) is 0 Å². The largest absolute Gasteiger partial charge is 0.504 e. The second kappa shape index (κ2) is 5.93. The van der Waals surface area contributed by atoms with Crippen molar-refractivity contribution in [3.05, 3.63) is 59.2 Å². The third kappa shape index (κ3) is 2.90. The fraction of sp³-hybridized carbons (Fsp3) is 0.0769. The Morgan fingerprint density at radius 2 is 1.45 bits per heavy atom. The second-order valence-corrected chi connectivity index (χ2v) is 5.95. The van der Waals surface area contributed by atoms with Gasteiger partial charge in [-0.2, -0.15) is 4.39 Å². The van der Waals surface area contributed by atoms with E-state index in [1.807, 2.05) is 4.72 Å². The van der Waals surface area contributed by atoms with Gasteiger partial charge in [0.15, 0.2) is 22.3 Å². The number of hydrogen-bond donors (Lipinski definition) is 2. The minimum atomic E-state index is -4.80. The molecule has 4 nitrogen and oxygen atoms in total. The molecule has 22 heavy (non-hydrogen) atoms. The van der Waals surface area contributed by atoms with Gasteiger partial charge in [-0.1, -0.05) is 30.3 Å². The van der Waals surface area contributed by atoms with Crippen LogP contribution in [0.25, 0.3) is 0 Å². The smallest absolute Gasteiger partial charge is 0.247 e. The molecule has 0 aliphatic heterocycles. The van der Waals surface area contributed by atoms with Gasteiger partial charge in [0.05, 0.1) is 0 Å². The standard InChI is InChI=1S/C13H9F4NO3S/c14-8-9(15)11(17)13(12(19)10(8)16)22(20,21)18-6-7-4-2-1-3-5-7/h1-5,18-19H,6H2. The first-order valence-electron chi connectivity index (χ1n) is 5.84. The number of sulfonamides is 1. The maximum atomic E-state index is 13.6. The van der Waals surface area contributed by atoms with Crippen molar-refractivity contribution in [1.82, 2.24) is 4.72 Å². The summed E-state index contributed by atoms with van der Waals surface area (Å²) < 4.78 is 78.5. The maximum absolute atomic E-state index is 13.6. The molecular weight excluding hydrogens is 326 g/mol. The zero-order valence-electron chi connectivity index (χ0n) is 10.8. The average molecular weight is 335 g/mol. The van der Waals surface area contributed by atoms with E-state index in [9.17, 15) is 31.1 Å². The van der Waals surface area contributed by atoms with Gasteiger partial charge in [0.2, 0.25) is 21.7 Å². The Hall–Kier alpha value is -2.13. The highest BCUT2D eigenvalue weighted by Gasteiger charge is 2.32. The topological polar surface area (TPSA) is 66.4 Å². The van der Waals surface area contributed by atoms with E-state index in [0.717, 1.165) is 0 Å². The van der Waals surface area contributed by atoms with Crippen molar-refractivity contribution in [3.63, 3.8) is 0 Å². The van der Waals surface area contributed by atoms with Crippen LogP contribution in [0.2, 0.25) is 0 Å². The summed E-state index contributed by atoms with van der Waals surface area (Å²) in [4.78, 5) is -1.68. The second-order valence-electron chi connectivity index (χ2n) is 4.24. The SMILES string of the molecule is O=S(=O)(NCc1ccccc1)c1c(O)c(F)c(F)c(F)c1F. The van der Waals surface area contributed by atoms with Gasteiger partial charge in [-0.3, -0.25) is 0 Å². The van der Waals surface area contributed by atoms with Crippen molar-refractivity contribution >= 4 is 10.0 Å². The van der Waals surface area contributed by atoms with Gasteiger partial charge >= 0.3 is 0 Å². The molecule has 118 valence electrons. The molecule has 0 saturated heterocycles. The highest BCUT2D eigenvalue weighted by molar-refractivity contribution is 7.89. The Morgan fingerprint density at radius 3 is 2.05 bits per heavy atom. The molecule has 9 heteroatoms. The predicted molar refractivity (Wildman–Crippen MR) is 68.4 cm³/mol. The van der Waals surface area contributed by atoms with E-state index in [4.69, 9.17) is 0 Å². The number of rotatable bonds is 4. The first-order valence-corrected chi connectivity index (χ1v) is 7.32. The molecule has 0 spiro atoms. The maximum Gasteiger partial charge on any atom is 0.247 e. The normalized spacial score (nSPS) is 11.6. The van der Waals surface area contributed by atoms with Crippen molar-refractivity contribution in [3.8, 4) is 5.75 Å². The van der Waals surface area contributed by atoms with Gasteiger partial charge in [-0.15, -0.1) is 0 Å². The van der Waals surface area contributed by atoms with E-state index >= 15 is 0 Å². The number of nitrogens with one attached hydrogen (secondary N) is 1. The van der Waals surface area contributed by atoms with Gasteiger partial charge in [0.25, 0.3) is 0 Å². The number of benzene rings is 2. The van der Waals surface area contributed by atoms with E-state index in [2.05, 4.69) is 0 Å². The lowest BCUT2D eigenvalue weighted by molar-refractivity contribution is 0.345. The van der Waals surface area contributed by atoms with E-state index in [-0.39, 0.29) is 6.54 Å². The molecular formula is C13H9F4NO3S. The third-order valence-electron chi connectivity index (χ3n) is 2.78. The Kier molecular flexibility index (Phi) is 4.38. The van der Waals surface area contributed by atoms with Crippen LogP contribution in [0.15, 0.2) is 35.2 Å². The number of phenolic OH excluding ortho intramolecular Hbond substituents is 1. The molecule has 0 radical (unpaired) electrons. The number of aromatic hydroxyl groups is 1. The zero-order chi connectivity index (χ0) is 16.5. The van der Waals surface area contributed by atoms with Crippen LogP contribution in [0, 0.1) is 23.3 Å². The molecule has 0 amide bonds. The van der Waals surface area contributed by atoms with Gasteiger partial charge in [-0.05, 0) is 5.56 Å². The van der Waals surface area contributed by atoms with Crippen molar-refractivity contribution in [1.29, 1.82) is 0 Å². The van der Waals surface area contributed by atoms with Crippen LogP contribution in [0.1, 0.15) is 5.56 Å². The molecule has 0 saturated carbocycles. The van der Waals surface area contributed by atoms with Crippen LogP contribution in [0.4, 0.5) is 17.6 Å². The van der Waals surface area contributed by atoms with E-state index in [1.165, 1.54) is 0 Å². The molecule has 0 aromatic heterocycles. The quantitative estimate of drug-likeness (QED) is 0.512. The van der Waals surface area contributed by atoms with Crippen LogP contribution >= 0.6 is 0 Å². The number of hydrogen-bond acceptors (Lipinski definition) is 3. The predicted octanol–water partition coefficient (Wildman–Crippen LogP) is 2.43. The third-order valence-corrected chi connectivity index (χ3v) is 4.21. The minimum Gasteiger partial charge on any atom is -0.504 e. The van der Waals surface area contributed by atoms with Gasteiger partial charge < -0.3 is 5.11 Å². The fourth-order valence-corrected chi connectivity index (χ4v) is 2.86. The van der Waals surface area contributed by atoms with Crippen LogP contribution in [-0.2, 0) is 16.6 Å². The summed E-state index contributed by atoms with van der Waals surface area (Å²) >= 11 is 0.